The van der Waals surface area contributed by atoms with E-state index >= 15 is 0 Å². The highest BCUT2D eigenvalue weighted by atomic mass is 16.5. The van der Waals surface area contributed by atoms with Gasteiger partial charge in [-0.15, -0.1) is 0 Å². The van der Waals surface area contributed by atoms with Crippen LogP contribution in [0.25, 0.3) is 0 Å². The average molecular weight is 585 g/mol. The zero-order valence-corrected chi connectivity index (χ0v) is 24.3. The van der Waals surface area contributed by atoms with Gasteiger partial charge < -0.3 is 9.47 Å². The maximum atomic E-state index is 12.2. The number of amides is 4. The largest absolute Gasteiger partial charge is 0.457 e. The Kier molecular flexibility index (Phi) is 7.19. The molecule has 0 unspecified atom stereocenters. The van der Waals surface area contributed by atoms with Crippen LogP contribution in [0.5, 0.6) is 23.0 Å². The molecule has 2 aliphatic rings. The van der Waals surface area contributed by atoms with Crippen molar-refractivity contribution in [2.24, 2.45) is 0 Å². The first kappa shape index (κ1) is 28.4. The summed E-state index contributed by atoms with van der Waals surface area (Å²) < 4.78 is 12.0. The number of rotatable bonds is 8. The van der Waals surface area contributed by atoms with Gasteiger partial charge in [0.2, 0.25) is 0 Å². The van der Waals surface area contributed by atoms with Crippen molar-refractivity contribution in [2.75, 3.05) is 9.80 Å². The molecule has 4 aromatic rings. The Balaban J connectivity index is 1.08. The summed E-state index contributed by atoms with van der Waals surface area (Å²) in [4.78, 5) is 50.4. The van der Waals surface area contributed by atoms with Crippen molar-refractivity contribution in [2.45, 2.75) is 26.2 Å². The lowest BCUT2D eigenvalue weighted by Gasteiger charge is -2.26. The molecule has 0 radical (unpaired) electrons. The van der Waals surface area contributed by atoms with Crippen molar-refractivity contribution in [1.29, 1.82) is 0 Å². The summed E-state index contributed by atoms with van der Waals surface area (Å²) in [7, 11) is 0. The van der Waals surface area contributed by atoms with Gasteiger partial charge in [0.15, 0.2) is 0 Å². The number of benzene rings is 4. The van der Waals surface area contributed by atoms with Gasteiger partial charge in [0.05, 0.1) is 11.4 Å². The number of hydrogen-bond acceptors (Lipinski definition) is 6. The van der Waals surface area contributed by atoms with Crippen molar-refractivity contribution >= 4 is 35.0 Å². The van der Waals surface area contributed by atoms with Crippen molar-refractivity contribution in [1.82, 2.24) is 0 Å². The normalized spacial score (nSPS) is 14.8. The molecule has 0 spiro atoms. The van der Waals surface area contributed by atoms with E-state index in [1.807, 2.05) is 48.5 Å². The molecule has 0 aromatic heterocycles. The third-order valence-corrected chi connectivity index (χ3v) is 7.72. The third kappa shape index (κ3) is 5.41. The zero-order chi connectivity index (χ0) is 31.0. The molecule has 8 nitrogen and oxygen atoms in total. The van der Waals surface area contributed by atoms with E-state index in [1.165, 1.54) is 18.2 Å². The van der Waals surface area contributed by atoms with Crippen molar-refractivity contribution in [3.8, 4) is 23.0 Å². The zero-order valence-electron chi connectivity index (χ0n) is 24.3. The minimum absolute atomic E-state index is 0.301. The lowest BCUT2D eigenvalue weighted by molar-refractivity contribution is -0.121. The summed E-state index contributed by atoms with van der Waals surface area (Å²) in [5.41, 5.74) is 3.30. The van der Waals surface area contributed by atoms with Gasteiger partial charge in [-0.05, 0) is 90.8 Å². The standard InChI is InChI=1S/C36H28N2O6/c1-23-22-34(41)38(35(23)42)27-10-18-31(19-11-27)44-29-14-6-25(7-15-29)36(2,3)24-4-12-28(13-5-24)43-30-16-8-26(9-17-30)37-32(39)20-21-33(37)40/h4-22H,1-3H3. The fraction of sp³-hybridized carbons (Fsp3) is 0.111. The Morgan fingerprint density at radius 2 is 0.864 bits per heavy atom. The predicted molar refractivity (Wildman–Crippen MR) is 166 cm³/mol. The average Bonchev–Trinajstić information content (AvgIpc) is 3.49. The highest BCUT2D eigenvalue weighted by Crippen LogP contribution is 2.35. The molecule has 2 heterocycles. The molecule has 6 rings (SSSR count). The van der Waals surface area contributed by atoms with Gasteiger partial charge in [-0.1, -0.05) is 38.1 Å². The van der Waals surface area contributed by atoms with E-state index < -0.39 is 0 Å². The maximum absolute atomic E-state index is 12.2. The quantitative estimate of drug-likeness (QED) is 0.211. The Bertz CT molecular complexity index is 1820. The van der Waals surface area contributed by atoms with Crippen LogP contribution in [0.15, 0.2) is 121 Å². The van der Waals surface area contributed by atoms with E-state index in [-0.39, 0.29) is 29.0 Å². The van der Waals surface area contributed by atoms with Crippen LogP contribution in [-0.4, -0.2) is 23.6 Å². The van der Waals surface area contributed by atoms with Crippen molar-refractivity contribution < 1.29 is 28.7 Å². The van der Waals surface area contributed by atoms with Crippen molar-refractivity contribution in [3.05, 3.63) is 132 Å². The highest BCUT2D eigenvalue weighted by Gasteiger charge is 2.30. The molecule has 4 aromatic carbocycles. The summed E-state index contributed by atoms with van der Waals surface area (Å²) in [6.45, 7) is 5.91. The van der Waals surface area contributed by atoms with Crippen LogP contribution in [0.3, 0.4) is 0 Å². The number of ether oxygens (including phenoxy) is 2. The number of imide groups is 2. The molecule has 0 N–H and O–H groups in total. The predicted octanol–water partition coefficient (Wildman–Crippen LogP) is 6.85. The van der Waals surface area contributed by atoms with Gasteiger partial charge in [0, 0.05) is 29.2 Å². The van der Waals surface area contributed by atoms with Crippen LogP contribution in [0.2, 0.25) is 0 Å². The monoisotopic (exact) mass is 584 g/mol. The minimum atomic E-state index is -0.362. The van der Waals surface area contributed by atoms with Crippen LogP contribution < -0.4 is 19.3 Å². The fourth-order valence-corrected chi connectivity index (χ4v) is 5.13. The molecular weight excluding hydrogens is 556 g/mol. The summed E-state index contributed by atoms with van der Waals surface area (Å²) in [6.07, 6.45) is 3.84. The van der Waals surface area contributed by atoms with Gasteiger partial charge in [-0.25, -0.2) is 9.80 Å². The van der Waals surface area contributed by atoms with E-state index in [1.54, 1.807) is 55.5 Å². The molecule has 0 atom stereocenters. The lowest BCUT2D eigenvalue weighted by Crippen LogP contribution is -2.30. The van der Waals surface area contributed by atoms with Gasteiger partial charge in [0.25, 0.3) is 23.6 Å². The molecule has 4 amide bonds. The number of carbonyl (C=O) groups excluding carboxylic acids is 4. The molecule has 2 aliphatic heterocycles. The summed E-state index contributed by atoms with van der Waals surface area (Å²) in [5, 5.41) is 0. The number of anilines is 2. The van der Waals surface area contributed by atoms with E-state index in [4.69, 9.17) is 9.47 Å². The SMILES string of the molecule is CC1=CC(=O)N(c2ccc(Oc3ccc(C(C)(C)c4ccc(Oc5ccc(N6C(=O)C=CC6=O)cc5)cc4)cc3)cc2)C1=O. The summed E-state index contributed by atoms with van der Waals surface area (Å²) >= 11 is 0. The van der Waals surface area contributed by atoms with Crippen LogP contribution in [0.4, 0.5) is 11.4 Å². The van der Waals surface area contributed by atoms with E-state index in [0.29, 0.717) is 39.9 Å². The Labute approximate surface area is 254 Å². The first-order valence-electron chi connectivity index (χ1n) is 14.0. The fourth-order valence-electron chi connectivity index (χ4n) is 5.13. The highest BCUT2D eigenvalue weighted by molar-refractivity contribution is 6.30. The van der Waals surface area contributed by atoms with E-state index in [9.17, 15) is 19.2 Å². The molecule has 0 saturated carbocycles. The Hall–Kier alpha value is -5.76. The van der Waals surface area contributed by atoms with Crippen molar-refractivity contribution in [3.63, 3.8) is 0 Å². The molecule has 218 valence electrons. The molecule has 8 heteroatoms. The van der Waals surface area contributed by atoms with Gasteiger partial charge in [-0.2, -0.15) is 0 Å². The number of hydrogen-bond donors (Lipinski definition) is 0. The van der Waals surface area contributed by atoms with Gasteiger partial charge >= 0.3 is 0 Å². The maximum Gasteiger partial charge on any atom is 0.261 e. The van der Waals surface area contributed by atoms with Crippen LogP contribution in [0.1, 0.15) is 31.9 Å². The first-order chi connectivity index (χ1) is 21.1. The molecule has 44 heavy (non-hydrogen) atoms. The van der Waals surface area contributed by atoms with E-state index in [0.717, 1.165) is 20.9 Å². The molecule has 0 bridgehead atoms. The second-order valence-corrected chi connectivity index (χ2v) is 11.0. The van der Waals surface area contributed by atoms with Gasteiger partial charge in [-0.3, -0.25) is 19.2 Å². The first-order valence-corrected chi connectivity index (χ1v) is 14.0. The second kappa shape index (κ2) is 11.1. The molecular formula is C36H28N2O6. The third-order valence-electron chi connectivity index (χ3n) is 7.72. The Morgan fingerprint density at radius 3 is 1.23 bits per heavy atom. The van der Waals surface area contributed by atoms with Crippen LogP contribution in [-0.2, 0) is 24.6 Å². The number of nitrogens with zero attached hydrogens (tertiary/aromatic N) is 2. The second-order valence-electron chi connectivity index (χ2n) is 11.0. The number of carbonyl (C=O) groups is 4. The summed E-state index contributed by atoms with van der Waals surface area (Å²) in [5.74, 6) is 1.11. The van der Waals surface area contributed by atoms with Crippen LogP contribution >= 0.6 is 0 Å². The Morgan fingerprint density at radius 1 is 0.500 bits per heavy atom. The lowest BCUT2D eigenvalue weighted by atomic mass is 9.78. The topological polar surface area (TPSA) is 93.2 Å². The van der Waals surface area contributed by atoms with Gasteiger partial charge in [0.1, 0.15) is 23.0 Å². The smallest absolute Gasteiger partial charge is 0.261 e. The molecule has 0 saturated heterocycles. The minimum Gasteiger partial charge on any atom is -0.457 e. The van der Waals surface area contributed by atoms with E-state index in [2.05, 4.69) is 13.8 Å². The summed E-state index contributed by atoms with van der Waals surface area (Å²) in [6, 6.07) is 29.4. The van der Waals surface area contributed by atoms with Crippen LogP contribution in [0, 0.1) is 0 Å². The molecule has 0 aliphatic carbocycles. The molecule has 0 fully saturated rings.